The molecule has 0 aliphatic carbocycles. The average molecular weight is 329 g/mol. The van der Waals surface area contributed by atoms with E-state index in [0.717, 1.165) is 0 Å². The molecule has 0 aliphatic heterocycles. The van der Waals surface area contributed by atoms with Crippen molar-refractivity contribution in [2.75, 3.05) is 16.4 Å². The number of benzene rings is 3. The van der Waals surface area contributed by atoms with E-state index in [1.54, 1.807) is 24.3 Å². The van der Waals surface area contributed by atoms with Crippen molar-refractivity contribution in [1.29, 1.82) is 0 Å². The zero-order valence-electron chi connectivity index (χ0n) is 12.5. The Balaban J connectivity index is 1.78. The third-order valence-corrected chi connectivity index (χ3v) is 3.36. The van der Waals surface area contributed by atoms with Crippen molar-refractivity contribution in [3.8, 4) is 0 Å². The molecule has 0 saturated carbocycles. The van der Waals surface area contributed by atoms with Crippen molar-refractivity contribution >= 4 is 28.4 Å². The summed E-state index contributed by atoms with van der Waals surface area (Å²) < 4.78 is 40.8. The van der Waals surface area contributed by atoms with Gasteiger partial charge in [-0.3, -0.25) is 0 Å². The SMILES string of the molecule is Nc1ccc(Nc2ccc(Nc3cccc(F)c3)cc2F)cc1F. The minimum Gasteiger partial charge on any atom is -0.396 e. The maximum atomic E-state index is 14.2. The quantitative estimate of drug-likeness (QED) is 0.579. The minimum absolute atomic E-state index is 0.0238. The molecule has 0 saturated heterocycles. The first kappa shape index (κ1) is 15.7. The largest absolute Gasteiger partial charge is 0.396 e. The first-order valence-corrected chi connectivity index (χ1v) is 7.15. The normalized spacial score (nSPS) is 10.5. The van der Waals surface area contributed by atoms with Gasteiger partial charge < -0.3 is 16.4 Å². The first-order chi connectivity index (χ1) is 11.5. The number of anilines is 5. The fraction of sp³-hybridized carbons (Fsp3) is 0. The smallest absolute Gasteiger partial charge is 0.148 e. The summed E-state index contributed by atoms with van der Waals surface area (Å²) >= 11 is 0. The molecule has 0 aliphatic rings. The molecule has 0 spiro atoms. The molecule has 4 N–H and O–H groups in total. The van der Waals surface area contributed by atoms with Crippen LogP contribution in [0.15, 0.2) is 60.7 Å². The van der Waals surface area contributed by atoms with Gasteiger partial charge in [0.2, 0.25) is 0 Å². The summed E-state index contributed by atoms with van der Waals surface area (Å²) in [4.78, 5) is 0. The topological polar surface area (TPSA) is 50.1 Å². The van der Waals surface area contributed by atoms with E-state index in [2.05, 4.69) is 10.6 Å². The van der Waals surface area contributed by atoms with Gasteiger partial charge in [-0.05, 0) is 54.6 Å². The molecular formula is C18H14F3N3. The second-order valence-electron chi connectivity index (χ2n) is 5.19. The molecule has 0 amide bonds. The Morgan fingerprint density at radius 3 is 2.04 bits per heavy atom. The van der Waals surface area contributed by atoms with Crippen molar-refractivity contribution in [1.82, 2.24) is 0 Å². The lowest BCUT2D eigenvalue weighted by molar-refractivity contribution is 0.628. The number of nitrogens with two attached hydrogens (primary N) is 1. The Bertz CT molecular complexity index is 881. The Kier molecular flexibility index (Phi) is 4.29. The molecular weight excluding hydrogens is 315 g/mol. The van der Waals surface area contributed by atoms with Gasteiger partial charge in [0.15, 0.2) is 0 Å². The van der Waals surface area contributed by atoms with Crippen LogP contribution in [0, 0.1) is 17.5 Å². The fourth-order valence-electron chi connectivity index (χ4n) is 2.19. The summed E-state index contributed by atoms with van der Waals surface area (Å²) in [6.07, 6.45) is 0. The third kappa shape index (κ3) is 3.60. The van der Waals surface area contributed by atoms with Gasteiger partial charge in [-0.15, -0.1) is 0 Å². The van der Waals surface area contributed by atoms with Crippen LogP contribution in [-0.4, -0.2) is 0 Å². The van der Waals surface area contributed by atoms with E-state index in [-0.39, 0.29) is 17.2 Å². The summed E-state index contributed by atoms with van der Waals surface area (Å²) in [5, 5.41) is 5.69. The van der Waals surface area contributed by atoms with Gasteiger partial charge in [0.1, 0.15) is 17.5 Å². The Morgan fingerprint density at radius 1 is 0.667 bits per heavy atom. The Hall–Kier alpha value is -3.15. The lowest BCUT2D eigenvalue weighted by atomic mass is 10.2. The van der Waals surface area contributed by atoms with Crippen LogP contribution in [0.5, 0.6) is 0 Å². The van der Waals surface area contributed by atoms with Crippen molar-refractivity contribution in [3.05, 3.63) is 78.1 Å². The van der Waals surface area contributed by atoms with E-state index in [4.69, 9.17) is 5.73 Å². The van der Waals surface area contributed by atoms with Crippen molar-refractivity contribution < 1.29 is 13.2 Å². The van der Waals surface area contributed by atoms with Gasteiger partial charge in [0.05, 0.1) is 11.4 Å². The lowest BCUT2D eigenvalue weighted by Crippen LogP contribution is -1.98. The number of nitrogens with one attached hydrogen (secondary N) is 2. The van der Waals surface area contributed by atoms with Gasteiger partial charge in [-0.2, -0.15) is 0 Å². The highest BCUT2D eigenvalue weighted by Gasteiger charge is 2.06. The van der Waals surface area contributed by atoms with Crippen LogP contribution in [0.3, 0.4) is 0 Å². The van der Waals surface area contributed by atoms with Crippen molar-refractivity contribution in [3.63, 3.8) is 0 Å². The molecule has 0 heterocycles. The average Bonchev–Trinajstić information content (AvgIpc) is 2.53. The van der Waals surface area contributed by atoms with Crippen LogP contribution >= 0.6 is 0 Å². The van der Waals surface area contributed by atoms with Crippen LogP contribution < -0.4 is 16.4 Å². The zero-order valence-corrected chi connectivity index (χ0v) is 12.5. The number of halogens is 3. The van der Waals surface area contributed by atoms with Crippen LogP contribution in [0.25, 0.3) is 0 Å². The van der Waals surface area contributed by atoms with E-state index in [0.29, 0.717) is 17.1 Å². The second kappa shape index (κ2) is 6.54. The van der Waals surface area contributed by atoms with Crippen molar-refractivity contribution in [2.45, 2.75) is 0 Å². The molecule has 122 valence electrons. The molecule has 0 bridgehead atoms. The van der Waals surface area contributed by atoms with Crippen molar-refractivity contribution in [2.24, 2.45) is 0 Å². The summed E-state index contributed by atoms with van der Waals surface area (Å²) in [6, 6.07) is 14.4. The van der Waals surface area contributed by atoms with Gasteiger partial charge in [0.25, 0.3) is 0 Å². The molecule has 3 aromatic carbocycles. The van der Waals surface area contributed by atoms with Crippen LogP contribution in [0.2, 0.25) is 0 Å². The maximum absolute atomic E-state index is 14.2. The van der Waals surface area contributed by atoms with E-state index in [9.17, 15) is 13.2 Å². The van der Waals surface area contributed by atoms with Gasteiger partial charge in [-0.25, -0.2) is 13.2 Å². The fourth-order valence-corrected chi connectivity index (χ4v) is 2.19. The molecule has 24 heavy (non-hydrogen) atoms. The molecule has 0 aromatic heterocycles. The highest BCUT2D eigenvalue weighted by Crippen LogP contribution is 2.26. The molecule has 3 rings (SSSR count). The van der Waals surface area contributed by atoms with Gasteiger partial charge in [-0.1, -0.05) is 6.07 Å². The zero-order chi connectivity index (χ0) is 17.1. The summed E-state index contributed by atoms with van der Waals surface area (Å²) in [6.45, 7) is 0. The maximum Gasteiger partial charge on any atom is 0.148 e. The summed E-state index contributed by atoms with van der Waals surface area (Å²) in [5.74, 6) is -1.50. The molecule has 0 atom stereocenters. The molecule has 0 fully saturated rings. The molecule has 6 heteroatoms. The summed E-state index contributed by atoms with van der Waals surface area (Å²) in [7, 11) is 0. The van der Waals surface area contributed by atoms with Gasteiger partial charge in [0, 0.05) is 17.1 Å². The third-order valence-electron chi connectivity index (χ3n) is 3.36. The number of rotatable bonds is 4. The van der Waals surface area contributed by atoms with Crippen LogP contribution in [0.4, 0.5) is 41.6 Å². The predicted octanol–water partition coefficient (Wildman–Crippen LogP) is 5.17. The highest BCUT2D eigenvalue weighted by atomic mass is 19.1. The first-order valence-electron chi connectivity index (χ1n) is 7.15. The second-order valence-corrected chi connectivity index (χ2v) is 5.19. The van der Waals surface area contributed by atoms with Crippen LogP contribution in [0.1, 0.15) is 0 Å². The number of hydrogen-bond acceptors (Lipinski definition) is 3. The Morgan fingerprint density at radius 2 is 1.33 bits per heavy atom. The van der Waals surface area contributed by atoms with Crippen LogP contribution in [-0.2, 0) is 0 Å². The molecule has 0 unspecified atom stereocenters. The highest BCUT2D eigenvalue weighted by molar-refractivity contribution is 5.67. The van der Waals surface area contributed by atoms with E-state index in [1.165, 1.54) is 36.4 Å². The van der Waals surface area contributed by atoms with E-state index >= 15 is 0 Å². The van der Waals surface area contributed by atoms with E-state index < -0.39 is 11.6 Å². The Labute approximate surface area is 136 Å². The standard InChI is InChI=1S/C18H14F3N3/c19-11-2-1-3-12(8-11)23-13-5-7-18(16(21)10-13)24-14-4-6-17(22)15(20)9-14/h1-10,23-24H,22H2. The lowest BCUT2D eigenvalue weighted by Gasteiger charge is -2.11. The predicted molar refractivity (Wildman–Crippen MR) is 90.2 cm³/mol. The number of nitrogen functional groups attached to an aromatic ring is 1. The molecule has 3 aromatic rings. The molecule has 3 nitrogen and oxygen atoms in total. The number of hydrogen-bond donors (Lipinski definition) is 3. The minimum atomic E-state index is -0.579. The monoisotopic (exact) mass is 329 g/mol. The van der Waals surface area contributed by atoms with E-state index in [1.807, 2.05) is 0 Å². The summed E-state index contributed by atoms with van der Waals surface area (Å²) in [5.41, 5.74) is 6.97. The molecule has 0 radical (unpaired) electrons. The van der Waals surface area contributed by atoms with Gasteiger partial charge >= 0.3 is 0 Å².